The van der Waals surface area contributed by atoms with Crippen LogP contribution in [0.3, 0.4) is 0 Å². The standard InChI is InChI=1S/C12H15ClO3S/c13-8-4-5-9-17(15,16)10-12(14)11-6-2-1-3-7-11/h1-3,6-7H,4-5,8-10H2. The van der Waals surface area contributed by atoms with Crippen molar-refractivity contribution in [2.45, 2.75) is 12.8 Å². The first kappa shape index (κ1) is 14.2. The molecule has 0 bridgehead atoms. The molecule has 17 heavy (non-hydrogen) atoms. The Kier molecular flexibility index (Phi) is 5.65. The third-order valence-corrected chi connectivity index (χ3v) is 4.17. The van der Waals surface area contributed by atoms with Crippen LogP contribution >= 0.6 is 11.6 Å². The highest BCUT2D eigenvalue weighted by atomic mass is 35.5. The molecule has 0 aliphatic rings. The van der Waals surface area contributed by atoms with E-state index in [2.05, 4.69) is 0 Å². The second kappa shape index (κ2) is 6.77. The minimum absolute atomic E-state index is 0.0261. The number of Topliss-reactive ketones (excluding diaryl/α,β-unsaturated/α-hetero) is 1. The summed E-state index contributed by atoms with van der Waals surface area (Å²) in [6, 6.07) is 8.46. The molecule has 0 aliphatic carbocycles. The van der Waals surface area contributed by atoms with Crippen LogP contribution in [0.5, 0.6) is 0 Å². The van der Waals surface area contributed by atoms with Crippen molar-refractivity contribution in [1.82, 2.24) is 0 Å². The molecule has 0 radical (unpaired) electrons. The Labute approximate surface area is 107 Å². The number of carbonyl (C=O) groups is 1. The van der Waals surface area contributed by atoms with Crippen LogP contribution in [0.15, 0.2) is 30.3 Å². The third kappa shape index (κ3) is 5.33. The van der Waals surface area contributed by atoms with Gasteiger partial charge in [-0.3, -0.25) is 4.79 Å². The molecule has 5 heteroatoms. The fourth-order valence-corrected chi connectivity index (χ4v) is 2.94. The van der Waals surface area contributed by atoms with Gasteiger partial charge in [0.2, 0.25) is 0 Å². The van der Waals surface area contributed by atoms with Crippen molar-refractivity contribution in [3.05, 3.63) is 35.9 Å². The lowest BCUT2D eigenvalue weighted by Crippen LogP contribution is -2.19. The molecule has 0 aromatic heterocycles. The molecule has 3 nitrogen and oxygen atoms in total. The number of alkyl halides is 1. The number of benzene rings is 1. The molecule has 0 saturated heterocycles. The van der Waals surface area contributed by atoms with Crippen molar-refractivity contribution >= 4 is 27.2 Å². The van der Waals surface area contributed by atoms with E-state index in [1.807, 2.05) is 0 Å². The van der Waals surface area contributed by atoms with E-state index in [1.54, 1.807) is 30.3 Å². The van der Waals surface area contributed by atoms with Gasteiger partial charge in [-0.25, -0.2) is 8.42 Å². The second-order valence-corrected chi connectivity index (χ2v) is 6.34. The molecule has 0 aliphatic heterocycles. The first-order valence-corrected chi connectivity index (χ1v) is 7.75. The van der Waals surface area contributed by atoms with Crippen molar-refractivity contribution in [3.8, 4) is 0 Å². The van der Waals surface area contributed by atoms with Crippen LogP contribution in [0.25, 0.3) is 0 Å². The first-order chi connectivity index (χ1) is 8.05. The monoisotopic (exact) mass is 274 g/mol. The largest absolute Gasteiger partial charge is 0.293 e. The van der Waals surface area contributed by atoms with Crippen molar-refractivity contribution in [3.63, 3.8) is 0 Å². The Bertz CT molecular complexity index is 454. The van der Waals surface area contributed by atoms with E-state index in [9.17, 15) is 13.2 Å². The summed E-state index contributed by atoms with van der Waals surface area (Å²) < 4.78 is 23.3. The Balaban J connectivity index is 2.56. The summed E-state index contributed by atoms with van der Waals surface area (Å²) >= 11 is 5.47. The zero-order valence-electron chi connectivity index (χ0n) is 9.43. The lowest BCUT2D eigenvalue weighted by molar-refractivity contribution is 0.102. The van der Waals surface area contributed by atoms with Gasteiger partial charge < -0.3 is 0 Å². The molecule has 0 unspecified atom stereocenters. The number of sulfone groups is 1. The molecule has 1 aromatic rings. The number of carbonyl (C=O) groups excluding carboxylic acids is 1. The summed E-state index contributed by atoms with van der Waals surface area (Å²) in [6.07, 6.45) is 1.16. The zero-order valence-corrected chi connectivity index (χ0v) is 11.0. The summed E-state index contributed by atoms with van der Waals surface area (Å²) in [7, 11) is -3.31. The Morgan fingerprint density at radius 3 is 2.35 bits per heavy atom. The molecule has 0 amide bonds. The van der Waals surface area contributed by atoms with Crippen LogP contribution in [0.4, 0.5) is 0 Å². The number of hydrogen-bond donors (Lipinski definition) is 0. The van der Waals surface area contributed by atoms with Crippen molar-refractivity contribution < 1.29 is 13.2 Å². The fourth-order valence-electron chi connectivity index (χ4n) is 1.40. The van der Waals surface area contributed by atoms with E-state index in [0.29, 0.717) is 24.3 Å². The normalized spacial score (nSPS) is 11.4. The predicted molar refractivity (Wildman–Crippen MR) is 69.4 cm³/mol. The molecule has 1 aromatic carbocycles. The highest BCUT2D eigenvalue weighted by molar-refractivity contribution is 7.92. The smallest absolute Gasteiger partial charge is 0.177 e. The summed E-state index contributed by atoms with van der Waals surface area (Å²) in [5.41, 5.74) is 0.438. The molecule has 0 spiro atoms. The first-order valence-electron chi connectivity index (χ1n) is 5.40. The highest BCUT2D eigenvalue weighted by Crippen LogP contribution is 2.05. The van der Waals surface area contributed by atoms with Crippen molar-refractivity contribution in [2.24, 2.45) is 0 Å². The molecular formula is C12H15ClO3S. The van der Waals surface area contributed by atoms with Crippen LogP contribution in [-0.2, 0) is 9.84 Å². The molecule has 0 saturated carbocycles. The van der Waals surface area contributed by atoms with Gasteiger partial charge in [-0.05, 0) is 12.8 Å². The minimum atomic E-state index is -3.31. The average Bonchev–Trinajstić information content (AvgIpc) is 2.30. The predicted octanol–water partition coefficient (Wildman–Crippen LogP) is 2.30. The van der Waals surface area contributed by atoms with Crippen LogP contribution in [0.1, 0.15) is 23.2 Å². The molecule has 0 atom stereocenters. The van der Waals surface area contributed by atoms with Gasteiger partial charge in [0.1, 0.15) is 5.75 Å². The van der Waals surface area contributed by atoms with E-state index in [0.717, 1.165) is 0 Å². The topological polar surface area (TPSA) is 51.2 Å². The van der Waals surface area contributed by atoms with Gasteiger partial charge in [0.05, 0.1) is 5.75 Å². The van der Waals surface area contributed by atoms with Crippen molar-refractivity contribution in [1.29, 1.82) is 0 Å². The van der Waals surface area contributed by atoms with Gasteiger partial charge in [0, 0.05) is 11.4 Å². The number of ketones is 1. The van der Waals surface area contributed by atoms with E-state index in [1.165, 1.54) is 0 Å². The molecule has 0 N–H and O–H groups in total. The van der Waals surface area contributed by atoms with Gasteiger partial charge in [-0.15, -0.1) is 11.6 Å². The zero-order chi connectivity index (χ0) is 12.7. The maximum Gasteiger partial charge on any atom is 0.177 e. The maximum absolute atomic E-state index is 11.7. The summed E-state index contributed by atoms with van der Waals surface area (Å²) in [5, 5.41) is 0. The average molecular weight is 275 g/mol. The lowest BCUT2D eigenvalue weighted by atomic mass is 10.2. The summed E-state index contributed by atoms with van der Waals surface area (Å²) in [5.74, 6) is -0.295. The van der Waals surface area contributed by atoms with E-state index in [-0.39, 0.29) is 11.5 Å². The molecule has 94 valence electrons. The second-order valence-electron chi connectivity index (χ2n) is 3.78. The van der Waals surface area contributed by atoms with Crippen molar-refractivity contribution in [2.75, 3.05) is 17.4 Å². The van der Waals surface area contributed by atoms with E-state index in [4.69, 9.17) is 11.6 Å². The van der Waals surface area contributed by atoms with Crippen LogP contribution in [0.2, 0.25) is 0 Å². The van der Waals surface area contributed by atoms with Crippen LogP contribution in [0, 0.1) is 0 Å². The van der Waals surface area contributed by atoms with Crippen LogP contribution < -0.4 is 0 Å². The lowest BCUT2D eigenvalue weighted by Gasteiger charge is -2.03. The third-order valence-electron chi connectivity index (χ3n) is 2.29. The maximum atomic E-state index is 11.7. The quantitative estimate of drug-likeness (QED) is 0.435. The molecule has 0 heterocycles. The van der Waals surface area contributed by atoms with Gasteiger partial charge >= 0.3 is 0 Å². The summed E-state index contributed by atoms with van der Waals surface area (Å²) in [6.45, 7) is 0. The number of unbranched alkanes of at least 4 members (excludes halogenated alkanes) is 1. The van der Waals surface area contributed by atoms with Crippen LogP contribution in [-0.4, -0.2) is 31.6 Å². The van der Waals surface area contributed by atoms with Gasteiger partial charge in [0.25, 0.3) is 0 Å². The van der Waals surface area contributed by atoms with E-state index >= 15 is 0 Å². The molecule has 1 rings (SSSR count). The van der Waals surface area contributed by atoms with Gasteiger partial charge in [-0.2, -0.15) is 0 Å². The van der Waals surface area contributed by atoms with Gasteiger partial charge in [0.15, 0.2) is 15.6 Å². The number of rotatable bonds is 7. The minimum Gasteiger partial charge on any atom is -0.293 e. The Hall–Kier alpha value is -0.870. The molecular weight excluding hydrogens is 260 g/mol. The Morgan fingerprint density at radius 2 is 1.76 bits per heavy atom. The highest BCUT2D eigenvalue weighted by Gasteiger charge is 2.17. The SMILES string of the molecule is O=C(CS(=O)(=O)CCCCCl)c1ccccc1. The number of hydrogen-bond acceptors (Lipinski definition) is 3. The fraction of sp³-hybridized carbons (Fsp3) is 0.417. The molecule has 0 fully saturated rings. The summed E-state index contributed by atoms with van der Waals surface area (Å²) in [4.78, 5) is 11.7. The van der Waals surface area contributed by atoms with Gasteiger partial charge in [-0.1, -0.05) is 30.3 Å². The number of halogens is 1. The van der Waals surface area contributed by atoms with E-state index < -0.39 is 15.6 Å². The Morgan fingerprint density at radius 1 is 1.12 bits per heavy atom.